The van der Waals surface area contributed by atoms with Crippen molar-refractivity contribution in [1.29, 1.82) is 0 Å². The number of anilines is 2. The smallest absolute Gasteiger partial charge is 0.331 e. The average Bonchev–Trinajstić information content (AvgIpc) is 2.97. The van der Waals surface area contributed by atoms with Gasteiger partial charge in [0.2, 0.25) is 0 Å². The Hall–Kier alpha value is -3.02. The number of hydrogen-bond donors (Lipinski definition) is 1. The normalized spacial score (nSPS) is 10.6. The molecule has 24 heavy (non-hydrogen) atoms. The van der Waals surface area contributed by atoms with Gasteiger partial charge in [-0.05, 0) is 49.4 Å². The van der Waals surface area contributed by atoms with E-state index in [0.29, 0.717) is 11.4 Å². The summed E-state index contributed by atoms with van der Waals surface area (Å²) in [6.07, 6.45) is 2.71. The Morgan fingerprint density at radius 1 is 1.17 bits per heavy atom. The lowest BCUT2D eigenvalue weighted by molar-refractivity contribution is -0.142. The highest BCUT2D eigenvalue weighted by Crippen LogP contribution is 2.15. The Kier molecular flexibility index (Phi) is 5.78. The first kappa shape index (κ1) is 17.3. The van der Waals surface area contributed by atoms with Gasteiger partial charge in [-0.25, -0.2) is 4.79 Å². The number of ether oxygens (including phenoxy) is 1. The second-order valence-electron chi connectivity index (χ2n) is 5.38. The highest BCUT2D eigenvalue weighted by molar-refractivity contribution is 5.94. The SMILES string of the molecule is Cc1ccc(C=CC(=O)OCC(=O)Nc2ccc(N(C)C)cc2)o1. The quantitative estimate of drug-likeness (QED) is 0.652. The van der Waals surface area contributed by atoms with Crippen LogP contribution in [-0.2, 0) is 14.3 Å². The molecule has 6 heteroatoms. The summed E-state index contributed by atoms with van der Waals surface area (Å²) in [7, 11) is 3.87. The summed E-state index contributed by atoms with van der Waals surface area (Å²) in [5.74, 6) is 0.294. The number of rotatable bonds is 6. The minimum Gasteiger partial charge on any atom is -0.462 e. The summed E-state index contributed by atoms with van der Waals surface area (Å²) in [6.45, 7) is 1.46. The van der Waals surface area contributed by atoms with Crippen LogP contribution >= 0.6 is 0 Å². The maximum Gasteiger partial charge on any atom is 0.331 e. The lowest BCUT2D eigenvalue weighted by Crippen LogP contribution is -2.20. The van der Waals surface area contributed by atoms with Crippen LogP contribution in [0.4, 0.5) is 11.4 Å². The van der Waals surface area contributed by atoms with Crippen molar-refractivity contribution in [2.75, 3.05) is 30.9 Å². The molecule has 1 N–H and O–H groups in total. The summed E-state index contributed by atoms with van der Waals surface area (Å²) in [5.41, 5.74) is 1.67. The van der Waals surface area contributed by atoms with E-state index < -0.39 is 11.9 Å². The van der Waals surface area contributed by atoms with E-state index in [0.717, 1.165) is 11.4 Å². The van der Waals surface area contributed by atoms with Crippen molar-refractivity contribution < 1.29 is 18.7 Å². The van der Waals surface area contributed by atoms with Crippen LogP contribution in [0.2, 0.25) is 0 Å². The summed E-state index contributed by atoms with van der Waals surface area (Å²) in [4.78, 5) is 25.3. The van der Waals surface area contributed by atoms with E-state index in [4.69, 9.17) is 9.15 Å². The van der Waals surface area contributed by atoms with E-state index in [-0.39, 0.29) is 6.61 Å². The molecule has 2 rings (SSSR count). The summed E-state index contributed by atoms with van der Waals surface area (Å²) >= 11 is 0. The number of benzene rings is 1. The van der Waals surface area contributed by atoms with Crippen molar-refractivity contribution in [2.45, 2.75) is 6.92 Å². The Bertz CT molecular complexity index is 730. The van der Waals surface area contributed by atoms with Gasteiger partial charge in [-0.2, -0.15) is 0 Å². The minimum absolute atomic E-state index is 0.351. The number of furan rings is 1. The molecule has 1 aromatic carbocycles. The van der Waals surface area contributed by atoms with Crippen molar-refractivity contribution in [3.8, 4) is 0 Å². The maximum absolute atomic E-state index is 11.8. The van der Waals surface area contributed by atoms with E-state index in [1.54, 1.807) is 24.3 Å². The fourth-order valence-electron chi connectivity index (χ4n) is 1.92. The number of carbonyl (C=O) groups is 2. The van der Waals surface area contributed by atoms with Gasteiger partial charge in [0.15, 0.2) is 6.61 Å². The molecule has 0 radical (unpaired) electrons. The van der Waals surface area contributed by atoms with E-state index in [1.165, 1.54) is 12.2 Å². The van der Waals surface area contributed by atoms with E-state index >= 15 is 0 Å². The zero-order chi connectivity index (χ0) is 17.5. The molecule has 0 atom stereocenters. The van der Waals surface area contributed by atoms with Gasteiger partial charge in [0.25, 0.3) is 5.91 Å². The van der Waals surface area contributed by atoms with E-state index in [2.05, 4.69) is 5.32 Å². The standard InChI is InChI=1S/C18H20N2O4/c1-13-4-9-16(24-13)10-11-18(22)23-12-17(21)19-14-5-7-15(8-6-14)20(2)3/h4-11H,12H2,1-3H3,(H,19,21). The van der Waals surface area contributed by atoms with Gasteiger partial charge in [0.05, 0.1) is 0 Å². The van der Waals surface area contributed by atoms with E-state index in [1.807, 2.05) is 38.1 Å². The van der Waals surface area contributed by atoms with Crippen molar-refractivity contribution in [1.82, 2.24) is 0 Å². The van der Waals surface area contributed by atoms with Crippen molar-refractivity contribution in [2.24, 2.45) is 0 Å². The van der Waals surface area contributed by atoms with Crippen LogP contribution in [0.1, 0.15) is 11.5 Å². The first-order chi connectivity index (χ1) is 11.4. The van der Waals surface area contributed by atoms with Gasteiger partial charge < -0.3 is 19.4 Å². The molecule has 6 nitrogen and oxygen atoms in total. The van der Waals surface area contributed by atoms with Crippen LogP contribution in [-0.4, -0.2) is 32.6 Å². The number of nitrogens with one attached hydrogen (secondary N) is 1. The zero-order valence-electron chi connectivity index (χ0n) is 13.9. The second kappa shape index (κ2) is 8.01. The molecule has 1 amide bonds. The van der Waals surface area contributed by atoms with Crippen LogP contribution in [0.15, 0.2) is 46.9 Å². The Morgan fingerprint density at radius 2 is 1.88 bits per heavy atom. The van der Waals surface area contributed by atoms with Crippen molar-refractivity contribution >= 4 is 29.3 Å². The molecule has 1 heterocycles. The van der Waals surface area contributed by atoms with Crippen LogP contribution < -0.4 is 10.2 Å². The van der Waals surface area contributed by atoms with Gasteiger partial charge in [0, 0.05) is 31.5 Å². The third kappa shape index (κ3) is 5.31. The van der Waals surface area contributed by atoms with Crippen LogP contribution in [0, 0.1) is 6.92 Å². The van der Waals surface area contributed by atoms with Crippen molar-refractivity contribution in [3.05, 3.63) is 54.0 Å². The monoisotopic (exact) mass is 328 g/mol. The molecule has 0 aliphatic carbocycles. The van der Waals surface area contributed by atoms with Crippen LogP contribution in [0.5, 0.6) is 0 Å². The second-order valence-corrected chi connectivity index (χ2v) is 5.38. The molecule has 0 spiro atoms. The first-order valence-electron chi connectivity index (χ1n) is 7.42. The highest BCUT2D eigenvalue weighted by atomic mass is 16.5. The molecular formula is C18H20N2O4. The Morgan fingerprint density at radius 3 is 2.46 bits per heavy atom. The number of nitrogens with zero attached hydrogens (tertiary/aromatic N) is 1. The van der Waals surface area contributed by atoms with Gasteiger partial charge in [0.1, 0.15) is 11.5 Å². The molecule has 0 bridgehead atoms. The van der Waals surface area contributed by atoms with E-state index in [9.17, 15) is 9.59 Å². The molecule has 0 saturated heterocycles. The maximum atomic E-state index is 11.8. The fourth-order valence-corrected chi connectivity index (χ4v) is 1.92. The largest absolute Gasteiger partial charge is 0.462 e. The molecule has 1 aromatic heterocycles. The first-order valence-corrected chi connectivity index (χ1v) is 7.42. The summed E-state index contributed by atoms with van der Waals surface area (Å²) in [6, 6.07) is 10.9. The lowest BCUT2D eigenvalue weighted by Gasteiger charge is -2.13. The highest BCUT2D eigenvalue weighted by Gasteiger charge is 2.06. The number of hydrogen-bond acceptors (Lipinski definition) is 5. The number of carbonyl (C=O) groups excluding carboxylic acids is 2. The molecular weight excluding hydrogens is 308 g/mol. The molecule has 0 unspecified atom stereocenters. The Balaban J connectivity index is 1.78. The fraction of sp³-hybridized carbons (Fsp3) is 0.222. The van der Waals surface area contributed by atoms with Gasteiger partial charge in [-0.15, -0.1) is 0 Å². The Labute approximate surface area is 140 Å². The van der Waals surface area contributed by atoms with Gasteiger partial charge >= 0.3 is 5.97 Å². The molecule has 2 aromatic rings. The van der Waals surface area contributed by atoms with Gasteiger partial charge in [-0.3, -0.25) is 4.79 Å². The molecule has 0 aliphatic rings. The minimum atomic E-state index is -0.609. The predicted octanol–water partition coefficient (Wildman–Crippen LogP) is 2.85. The average molecular weight is 328 g/mol. The summed E-state index contributed by atoms with van der Waals surface area (Å²) in [5, 5.41) is 2.66. The predicted molar refractivity (Wildman–Crippen MR) is 92.8 cm³/mol. The van der Waals surface area contributed by atoms with Gasteiger partial charge in [-0.1, -0.05) is 0 Å². The number of aryl methyl sites for hydroxylation is 1. The third-order valence-corrected chi connectivity index (χ3v) is 3.16. The van der Waals surface area contributed by atoms with Crippen LogP contribution in [0.25, 0.3) is 6.08 Å². The topological polar surface area (TPSA) is 71.8 Å². The zero-order valence-corrected chi connectivity index (χ0v) is 13.9. The molecule has 0 saturated carbocycles. The number of amides is 1. The number of esters is 1. The molecule has 0 aliphatic heterocycles. The molecule has 126 valence electrons. The molecule has 0 fully saturated rings. The summed E-state index contributed by atoms with van der Waals surface area (Å²) < 4.78 is 10.2. The lowest BCUT2D eigenvalue weighted by atomic mass is 10.2. The third-order valence-electron chi connectivity index (χ3n) is 3.16. The van der Waals surface area contributed by atoms with Crippen LogP contribution in [0.3, 0.4) is 0 Å². The van der Waals surface area contributed by atoms with Crippen molar-refractivity contribution in [3.63, 3.8) is 0 Å².